The van der Waals surface area contributed by atoms with Crippen molar-refractivity contribution >= 4 is 11.2 Å². The van der Waals surface area contributed by atoms with Crippen LogP contribution in [-0.4, -0.2) is 15.3 Å². The molecule has 0 aliphatic rings. The first kappa shape index (κ1) is 4.43. The quantitative estimate of drug-likeness (QED) is 0.505. The number of hydrogen-bond donors (Lipinski definition) is 0. The Balaban J connectivity index is 2.95. The van der Waals surface area contributed by atoms with Crippen molar-refractivity contribution < 1.29 is 4.63 Å². The van der Waals surface area contributed by atoms with Crippen molar-refractivity contribution in [3.8, 4) is 0 Å². The lowest BCUT2D eigenvalue weighted by Crippen LogP contribution is -1.72. The van der Waals surface area contributed by atoms with Crippen molar-refractivity contribution in [2.75, 3.05) is 0 Å². The van der Waals surface area contributed by atoms with Crippen molar-refractivity contribution in [3.63, 3.8) is 0 Å². The maximum atomic E-state index is 4.38. The molecule has 0 bridgehead atoms. The average Bonchev–Trinajstić information content (AvgIpc) is 2.33. The molecule has 0 saturated carbocycles. The summed E-state index contributed by atoms with van der Waals surface area (Å²) in [7, 11) is 0. The van der Waals surface area contributed by atoms with E-state index >= 15 is 0 Å². The van der Waals surface area contributed by atoms with Gasteiger partial charge in [0.15, 0.2) is 5.52 Å². The van der Waals surface area contributed by atoms with E-state index in [1.54, 1.807) is 12.1 Å². The van der Waals surface area contributed by atoms with E-state index < -0.39 is 0 Å². The molecule has 0 saturated heterocycles. The molecule has 0 atom stereocenters. The van der Waals surface area contributed by atoms with Crippen molar-refractivity contribution in [2.45, 2.75) is 0 Å². The standard InChI is InChI=1S/C5H2N3O/c1-2-4-5(6-3-1)8-9-7-4/h1-2H. The highest BCUT2D eigenvalue weighted by molar-refractivity contribution is 5.66. The van der Waals surface area contributed by atoms with Crippen molar-refractivity contribution in [3.05, 3.63) is 18.3 Å². The first-order valence-electron chi connectivity index (χ1n) is 2.42. The van der Waals surface area contributed by atoms with Gasteiger partial charge in [-0.2, -0.15) is 0 Å². The Hall–Kier alpha value is -1.45. The van der Waals surface area contributed by atoms with Crippen LogP contribution in [0.5, 0.6) is 0 Å². The summed E-state index contributed by atoms with van der Waals surface area (Å²) in [5.74, 6) is 0. The Kier molecular flexibility index (Phi) is 0.745. The third-order valence-electron chi connectivity index (χ3n) is 0.982. The Morgan fingerprint density at radius 2 is 2.44 bits per heavy atom. The smallest absolute Gasteiger partial charge is 0.224 e. The summed E-state index contributed by atoms with van der Waals surface area (Å²) in [6.45, 7) is 0. The molecule has 0 aliphatic carbocycles. The first-order valence-corrected chi connectivity index (χ1v) is 2.42. The van der Waals surface area contributed by atoms with Gasteiger partial charge >= 0.3 is 0 Å². The summed E-state index contributed by atoms with van der Waals surface area (Å²) in [5, 5.41) is 7.04. The van der Waals surface area contributed by atoms with E-state index in [-0.39, 0.29) is 0 Å². The highest BCUT2D eigenvalue weighted by Gasteiger charge is 1.95. The molecular formula is C5H2N3O. The van der Waals surface area contributed by atoms with E-state index in [0.717, 1.165) is 0 Å². The normalized spacial score (nSPS) is 10.2. The van der Waals surface area contributed by atoms with Gasteiger partial charge in [-0.05, 0) is 22.4 Å². The molecule has 0 aliphatic heterocycles. The molecule has 2 heterocycles. The summed E-state index contributed by atoms with van der Waals surface area (Å²) in [6.07, 6.45) is 2.61. The van der Waals surface area contributed by atoms with E-state index in [9.17, 15) is 0 Å². The Labute approximate surface area is 50.5 Å². The lowest BCUT2D eigenvalue weighted by Gasteiger charge is -1.74. The molecule has 2 aromatic heterocycles. The van der Waals surface area contributed by atoms with Crippen LogP contribution in [0.4, 0.5) is 0 Å². The maximum absolute atomic E-state index is 4.38. The van der Waals surface area contributed by atoms with E-state index in [1.807, 2.05) is 0 Å². The first-order chi connectivity index (χ1) is 4.47. The minimum Gasteiger partial charge on any atom is -0.242 e. The predicted molar refractivity (Wildman–Crippen MR) is 28.4 cm³/mol. The third-order valence-corrected chi connectivity index (χ3v) is 0.982. The summed E-state index contributed by atoms with van der Waals surface area (Å²) in [4.78, 5) is 3.75. The van der Waals surface area contributed by atoms with Crippen LogP contribution in [-0.2, 0) is 0 Å². The number of rotatable bonds is 0. The minimum absolute atomic E-state index is 0.498. The van der Waals surface area contributed by atoms with Crippen molar-refractivity contribution in [2.24, 2.45) is 0 Å². The molecule has 0 aromatic carbocycles. The molecule has 4 heteroatoms. The Morgan fingerprint density at radius 1 is 1.44 bits per heavy atom. The predicted octanol–water partition coefficient (Wildman–Crippen LogP) is 0.418. The fourth-order valence-electron chi connectivity index (χ4n) is 0.588. The van der Waals surface area contributed by atoms with Crippen LogP contribution in [0.2, 0.25) is 0 Å². The summed E-state index contributed by atoms with van der Waals surface area (Å²) >= 11 is 0. The fraction of sp³-hybridized carbons (Fsp3) is 0. The molecule has 1 radical (unpaired) electrons. The second kappa shape index (κ2) is 1.51. The minimum atomic E-state index is 0.498. The average molecular weight is 120 g/mol. The number of fused-ring (bicyclic) bond motifs is 1. The largest absolute Gasteiger partial charge is 0.242 e. The van der Waals surface area contributed by atoms with Gasteiger partial charge in [0.2, 0.25) is 5.65 Å². The molecule has 2 rings (SSSR count). The zero-order valence-electron chi connectivity index (χ0n) is 4.40. The van der Waals surface area contributed by atoms with Gasteiger partial charge in [-0.15, -0.1) is 0 Å². The Bertz CT molecular complexity index is 286. The zero-order chi connectivity index (χ0) is 6.10. The monoisotopic (exact) mass is 120 g/mol. The van der Waals surface area contributed by atoms with Crippen LogP contribution in [0.3, 0.4) is 0 Å². The third kappa shape index (κ3) is 0.561. The van der Waals surface area contributed by atoms with E-state index in [0.29, 0.717) is 11.2 Å². The molecule has 0 spiro atoms. The second-order valence-electron chi connectivity index (χ2n) is 1.55. The van der Waals surface area contributed by atoms with Gasteiger partial charge in [0.05, 0.1) is 6.20 Å². The summed E-state index contributed by atoms with van der Waals surface area (Å²) < 4.78 is 4.38. The molecular weight excluding hydrogens is 118 g/mol. The lowest BCUT2D eigenvalue weighted by molar-refractivity contribution is 0.315. The topological polar surface area (TPSA) is 51.8 Å². The van der Waals surface area contributed by atoms with E-state index in [4.69, 9.17) is 0 Å². The molecule has 0 fully saturated rings. The molecule has 0 unspecified atom stereocenters. The van der Waals surface area contributed by atoms with Crippen molar-refractivity contribution in [1.29, 1.82) is 0 Å². The van der Waals surface area contributed by atoms with Crippen LogP contribution < -0.4 is 0 Å². The highest BCUT2D eigenvalue weighted by atomic mass is 16.6. The van der Waals surface area contributed by atoms with Gasteiger partial charge in [-0.25, -0.2) is 9.61 Å². The molecule has 43 valence electrons. The number of nitrogens with zero attached hydrogens (tertiary/aromatic N) is 3. The Morgan fingerprint density at radius 3 is 3.33 bits per heavy atom. The molecule has 9 heavy (non-hydrogen) atoms. The van der Waals surface area contributed by atoms with Crippen LogP contribution in [0.1, 0.15) is 0 Å². The van der Waals surface area contributed by atoms with Gasteiger partial charge in [-0.3, -0.25) is 0 Å². The fourth-order valence-corrected chi connectivity index (χ4v) is 0.588. The molecule has 0 N–H and O–H groups in total. The highest BCUT2D eigenvalue weighted by Crippen LogP contribution is 2.00. The van der Waals surface area contributed by atoms with Crippen molar-refractivity contribution in [1.82, 2.24) is 15.3 Å². The van der Waals surface area contributed by atoms with Gasteiger partial charge in [-0.1, -0.05) is 0 Å². The van der Waals surface area contributed by atoms with Crippen LogP contribution in [0.15, 0.2) is 16.8 Å². The summed E-state index contributed by atoms with van der Waals surface area (Å²) in [6, 6.07) is 3.39. The van der Waals surface area contributed by atoms with Gasteiger partial charge < -0.3 is 0 Å². The number of hydrogen-bond acceptors (Lipinski definition) is 4. The zero-order valence-corrected chi connectivity index (χ0v) is 4.40. The van der Waals surface area contributed by atoms with E-state index in [1.165, 1.54) is 0 Å². The van der Waals surface area contributed by atoms with Gasteiger partial charge in [0.25, 0.3) is 0 Å². The summed E-state index contributed by atoms with van der Waals surface area (Å²) in [5.41, 5.74) is 1.16. The van der Waals surface area contributed by atoms with Crippen LogP contribution in [0.25, 0.3) is 11.2 Å². The number of aromatic nitrogens is 3. The maximum Gasteiger partial charge on any atom is 0.224 e. The van der Waals surface area contributed by atoms with Gasteiger partial charge in [0, 0.05) is 0 Å². The molecule has 2 aromatic rings. The lowest BCUT2D eigenvalue weighted by atomic mass is 10.4. The SMILES string of the molecule is [c]1ccc2nonc2n1. The van der Waals surface area contributed by atoms with E-state index in [2.05, 4.69) is 26.1 Å². The van der Waals surface area contributed by atoms with Crippen LogP contribution in [0, 0.1) is 6.20 Å². The molecule has 4 nitrogen and oxygen atoms in total. The molecule has 0 amide bonds. The van der Waals surface area contributed by atoms with Crippen LogP contribution >= 0.6 is 0 Å². The second-order valence-corrected chi connectivity index (χ2v) is 1.55. The van der Waals surface area contributed by atoms with Gasteiger partial charge in [0.1, 0.15) is 0 Å². The number of pyridine rings is 1.